The molecule has 1 aliphatic heterocycles. The normalized spacial score (nSPS) is 13.6. The number of fused-ring (bicyclic) bond motifs is 3. The van der Waals surface area contributed by atoms with Crippen LogP contribution in [0.1, 0.15) is 28.4 Å². The van der Waals surface area contributed by atoms with E-state index in [2.05, 4.69) is 20.5 Å². The van der Waals surface area contributed by atoms with Crippen molar-refractivity contribution in [2.24, 2.45) is 0 Å². The topological polar surface area (TPSA) is 91.0 Å². The minimum Gasteiger partial charge on any atom is -0.320 e. The summed E-state index contributed by atoms with van der Waals surface area (Å²) in [5, 5.41) is 10.8. The van der Waals surface area contributed by atoms with E-state index in [-0.39, 0.29) is 11.8 Å². The Morgan fingerprint density at radius 2 is 2.16 bits per heavy atom. The molecule has 25 heavy (non-hydrogen) atoms. The molecule has 3 aromatic rings. The first-order chi connectivity index (χ1) is 12.1. The van der Waals surface area contributed by atoms with Crippen LogP contribution in [-0.4, -0.2) is 38.4 Å². The van der Waals surface area contributed by atoms with Crippen LogP contribution in [0.2, 0.25) is 0 Å². The zero-order valence-electron chi connectivity index (χ0n) is 13.7. The predicted octanol–water partition coefficient (Wildman–Crippen LogP) is 2.75. The number of amides is 2. The number of nitrogens with one attached hydrogen (secondary N) is 2. The lowest BCUT2D eigenvalue weighted by Crippen LogP contribution is -2.39. The van der Waals surface area contributed by atoms with E-state index in [1.807, 2.05) is 0 Å². The van der Waals surface area contributed by atoms with Crippen molar-refractivity contribution in [1.29, 1.82) is 0 Å². The number of ketones is 1. The summed E-state index contributed by atoms with van der Waals surface area (Å²) >= 11 is 0. The van der Waals surface area contributed by atoms with Gasteiger partial charge in [0, 0.05) is 35.9 Å². The first-order valence-electron chi connectivity index (χ1n) is 8.08. The van der Waals surface area contributed by atoms with Crippen LogP contribution in [0, 0.1) is 0 Å². The number of carbonyl (C=O) groups is 2. The van der Waals surface area contributed by atoms with Crippen molar-refractivity contribution in [3.63, 3.8) is 0 Å². The van der Waals surface area contributed by atoms with E-state index in [1.54, 1.807) is 41.6 Å². The number of pyridine rings is 1. The Hall–Kier alpha value is -3.22. The molecule has 1 aromatic carbocycles. The molecule has 1 aliphatic rings. The fourth-order valence-electron chi connectivity index (χ4n) is 3.15. The molecular weight excluding hydrogens is 318 g/mol. The Labute approximate surface area is 144 Å². The number of H-pyrrole nitrogens is 1. The van der Waals surface area contributed by atoms with Gasteiger partial charge in [0.15, 0.2) is 11.4 Å². The molecule has 0 bridgehead atoms. The average molecular weight is 335 g/mol. The fourth-order valence-corrected chi connectivity index (χ4v) is 3.15. The second-order valence-electron chi connectivity index (χ2n) is 6.13. The number of anilines is 1. The van der Waals surface area contributed by atoms with Crippen molar-refractivity contribution in [2.75, 3.05) is 11.9 Å². The highest BCUT2D eigenvalue weighted by Gasteiger charge is 2.23. The van der Waals surface area contributed by atoms with Gasteiger partial charge in [-0.1, -0.05) is 12.1 Å². The van der Waals surface area contributed by atoms with E-state index in [0.29, 0.717) is 24.3 Å². The number of nitrogens with zero attached hydrogens (tertiary/aromatic N) is 3. The third kappa shape index (κ3) is 2.84. The lowest BCUT2D eigenvalue weighted by molar-refractivity contribution is 0.101. The maximum atomic E-state index is 12.6. The number of carbonyl (C=O) groups excluding carboxylic acids is 2. The summed E-state index contributed by atoms with van der Waals surface area (Å²) in [5.41, 5.74) is 4.20. The number of aromatic amines is 1. The summed E-state index contributed by atoms with van der Waals surface area (Å²) in [6, 6.07) is 6.78. The first-order valence-corrected chi connectivity index (χ1v) is 8.08. The molecule has 2 aromatic heterocycles. The Kier molecular flexibility index (Phi) is 3.68. The van der Waals surface area contributed by atoms with Gasteiger partial charge in [-0.3, -0.25) is 9.89 Å². The monoisotopic (exact) mass is 335 g/mol. The Morgan fingerprint density at radius 1 is 1.28 bits per heavy atom. The minimum atomic E-state index is -0.182. The van der Waals surface area contributed by atoms with Gasteiger partial charge in [-0.15, -0.1) is 0 Å². The van der Waals surface area contributed by atoms with Gasteiger partial charge >= 0.3 is 6.03 Å². The number of Topliss-reactive ketones (excluding diaryl/α,β-unsaturated/α-hetero) is 1. The maximum absolute atomic E-state index is 12.6. The quantitative estimate of drug-likeness (QED) is 0.705. The summed E-state index contributed by atoms with van der Waals surface area (Å²) in [4.78, 5) is 30.1. The average Bonchev–Trinajstić information content (AvgIpc) is 3.10. The number of urea groups is 1. The maximum Gasteiger partial charge on any atom is 0.322 e. The number of hydrogen-bond acceptors (Lipinski definition) is 4. The van der Waals surface area contributed by atoms with E-state index in [1.165, 1.54) is 12.5 Å². The number of aromatic nitrogens is 3. The van der Waals surface area contributed by atoms with Crippen molar-refractivity contribution in [3.05, 3.63) is 53.3 Å². The van der Waals surface area contributed by atoms with Crippen molar-refractivity contribution in [2.45, 2.75) is 19.9 Å². The molecule has 126 valence electrons. The molecule has 0 aliphatic carbocycles. The van der Waals surface area contributed by atoms with E-state index in [0.717, 1.165) is 23.0 Å². The van der Waals surface area contributed by atoms with Gasteiger partial charge in [0.1, 0.15) is 0 Å². The number of benzene rings is 1. The van der Waals surface area contributed by atoms with E-state index >= 15 is 0 Å². The van der Waals surface area contributed by atoms with E-state index in [9.17, 15) is 9.59 Å². The predicted molar refractivity (Wildman–Crippen MR) is 93.5 cm³/mol. The van der Waals surface area contributed by atoms with Crippen molar-refractivity contribution >= 4 is 28.5 Å². The second kappa shape index (κ2) is 6.01. The zero-order valence-corrected chi connectivity index (χ0v) is 13.7. The third-order valence-corrected chi connectivity index (χ3v) is 4.48. The molecule has 0 radical (unpaired) electrons. The van der Waals surface area contributed by atoms with Crippen molar-refractivity contribution in [1.82, 2.24) is 20.1 Å². The summed E-state index contributed by atoms with van der Waals surface area (Å²) in [6.07, 6.45) is 4.34. The molecule has 2 amide bonds. The third-order valence-electron chi connectivity index (χ3n) is 4.48. The van der Waals surface area contributed by atoms with Crippen LogP contribution >= 0.6 is 0 Å². The molecule has 7 heteroatoms. The van der Waals surface area contributed by atoms with Gasteiger partial charge in [0.25, 0.3) is 0 Å². The smallest absolute Gasteiger partial charge is 0.320 e. The second-order valence-corrected chi connectivity index (χ2v) is 6.13. The lowest BCUT2D eigenvalue weighted by atomic mass is 9.99. The zero-order chi connectivity index (χ0) is 17.4. The molecule has 0 saturated carbocycles. The molecule has 0 spiro atoms. The highest BCUT2D eigenvalue weighted by atomic mass is 16.2. The first kappa shape index (κ1) is 15.3. The Balaban J connectivity index is 1.52. The molecular formula is C18H17N5O2. The van der Waals surface area contributed by atoms with Gasteiger partial charge in [0.05, 0.1) is 6.20 Å². The molecule has 4 rings (SSSR count). The highest BCUT2D eigenvalue weighted by molar-refractivity contribution is 5.96. The van der Waals surface area contributed by atoms with E-state index in [4.69, 9.17) is 0 Å². The summed E-state index contributed by atoms with van der Waals surface area (Å²) in [6.45, 7) is 2.63. The van der Waals surface area contributed by atoms with Crippen LogP contribution in [0.15, 0.2) is 36.7 Å². The van der Waals surface area contributed by atoms with Crippen LogP contribution in [-0.2, 0) is 13.0 Å². The minimum absolute atomic E-state index is 0.0294. The van der Waals surface area contributed by atoms with Gasteiger partial charge < -0.3 is 10.2 Å². The Morgan fingerprint density at radius 3 is 3.00 bits per heavy atom. The molecule has 0 saturated heterocycles. The Bertz CT molecular complexity index is 979. The van der Waals surface area contributed by atoms with Gasteiger partial charge in [-0.05, 0) is 36.6 Å². The molecule has 0 atom stereocenters. The summed E-state index contributed by atoms with van der Waals surface area (Å²) < 4.78 is 0. The van der Waals surface area contributed by atoms with Gasteiger partial charge in [-0.25, -0.2) is 9.78 Å². The fraction of sp³-hybridized carbons (Fsp3) is 0.222. The number of rotatable bonds is 2. The van der Waals surface area contributed by atoms with Crippen LogP contribution in [0.5, 0.6) is 0 Å². The van der Waals surface area contributed by atoms with E-state index < -0.39 is 0 Å². The highest BCUT2D eigenvalue weighted by Crippen LogP contribution is 2.25. The summed E-state index contributed by atoms with van der Waals surface area (Å²) in [5.74, 6) is -0.0294. The van der Waals surface area contributed by atoms with Crippen LogP contribution in [0.25, 0.3) is 11.0 Å². The molecule has 7 nitrogen and oxygen atoms in total. The van der Waals surface area contributed by atoms with Crippen molar-refractivity contribution < 1.29 is 9.59 Å². The lowest BCUT2D eigenvalue weighted by Gasteiger charge is -2.29. The number of hydrogen-bond donors (Lipinski definition) is 2. The van der Waals surface area contributed by atoms with Crippen LogP contribution < -0.4 is 5.32 Å². The van der Waals surface area contributed by atoms with Crippen LogP contribution in [0.3, 0.4) is 0 Å². The van der Waals surface area contributed by atoms with Gasteiger partial charge in [-0.2, -0.15) is 5.10 Å². The van der Waals surface area contributed by atoms with Gasteiger partial charge in [0.2, 0.25) is 0 Å². The molecule has 0 unspecified atom stereocenters. The molecule has 0 fully saturated rings. The summed E-state index contributed by atoms with van der Waals surface area (Å²) in [7, 11) is 0. The SMILES string of the molecule is CC(=O)c1cccc(NC(=O)N2CCc3c(cnc4[nH]ncc34)C2)c1. The van der Waals surface area contributed by atoms with Crippen LogP contribution in [0.4, 0.5) is 10.5 Å². The molecule has 3 heterocycles. The van der Waals surface area contributed by atoms with Crippen molar-refractivity contribution in [3.8, 4) is 0 Å². The largest absolute Gasteiger partial charge is 0.322 e. The standard InChI is InChI=1S/C18H17N5O2/c1-11(24)12-3-2-4-14(7-12)21-18(25)23-6-5-15-13(10-23)8-19-17-16(15)9-20-22-17/h2-4,7-9H,5-6,10H2,1H3,(H,21,25)(H,19,20,22). The molecule has 2 N–H and O–H groups in total.